The van der Waals surface area contributed by atoms with E-state index in [1.165, 1.54) is 0 Å². The predicted octanol–water partition coefficient (Wildman–Crippen LogP) is 1.70. The highest BCUT2D eigenvalue weighted by atomic mass is 16.5. The highest BCUT2D eigenvalue weighted by Crippen LogP contribution is 2.21. The molecule has 2 N–H and O–H groups in total. The molecule has 0 spiro atoms. The van der Waals surface area contributed by atoms with Crippen LogP contribution in [-0.4, -0.2) is 20.1 Å². The fraction of sp³-hybridized carbons (Fsp3) is 0.0769. The van der Waals surface area contributed by atoms with E-state index in [1.807, 2.05) is 12.1 Å². The second-order valence-corrected chi connectivity index (χ2v) is 3.99. The van der Waals surface area contributed by atoms with Gasteiger partial charge >= 0.3 is 0 Å². The maximum atomic E-state index is 5.82. The molecular weight excluding hydrogens is 242 g/mol. The van der Waals surface area contributed by atoms with E-state index in [0.29, 0.717) is 29.5 Å². The van der Waals surface area contributed by atoms with E-state index < -0.39 is 0 Å². The first-order valence-corrected chi connectivity index (χ1v) is 5.75. The van der Waals surface area contributed by atoms with Crippen LogP contribution in [0.4, 0.5) is 5.69 Å². The molecule has 0 aliphatic rings. The van der Waals surface area contributed by atoms with Crippen molar-refractivity contribution in [1.29, 1.82) is 0 Å². The summed E-state index contributed by atoms with van der Waals surface area (Å²) in [6.45, 7) is 0. The molecule has 6 heteroatoms. The van der Waals surface area contributed by atoms with Gasteiger partial charge in [-0.25, -0.2) is 4.98 Å². The third kappa shape index (κ3) is 2.42. The number of anilines is 1. The van der Waals surface area contributed by atoms with Crippen LogP contribution in [0.25, 0.3) is 11.6 Å². The van der Waals surface area contributed by atoms with Gasteiger partial charge in [0.25, 0.3) is 5.89 Å². The first kappa shape index (κ1) is 11.3. The van der Waals surface area contributed by atoms with Crippen LogP contribution >= 0.6 is 0 Å². The zero-order valence-electron chi connectivity index (χ0n) is 10.0. The third-order valence-electron chi connectivity index (χ3n) is 2.62. The summed E-state index contributed by atoms with van der Waals surface area (Å²) < 4.78 is 5.18. The zero-order chi connectivity index (χ0) is 13.1. The largest absolute Gasteiger partial charge is 0.397 e. The molecule has 94 valence electrons. The van der Waals surface area contributed by atoms with Crippen molar-refractivity contribution in [2.45, 2.75) is 6.42 Å². The highest BCUT2D eigenvalue weighted by molar-refractivity contribution is 5.65. The Kier molecular flexibility index (Phi) is 2.89. The monoisotopic (exact) mass is 253 g/mol. The molecule has 0 aliphatic heterocycles. The van der Waals surface area contributed by atoms with Gasteiger partial charge in [0.2, 0.25) is 0 Å². The summed E-state index contributed by atoms with van der Waals surface area (Å²) in [5.74, 6) is 0.924. The Morgan fingerprint density at radius 3 is 2.74 bits per heavy atom. The molecule has 0 radical (unpaired) electrons. The van der Waals surface area contributed by atoms with Crippen molar-refractivity contribution in [3.8, 4) is 11.6 Å². The first-order chi connectivity index (χ1) is 9.33. The molecule has 0 unspecified atom stereocenters. The number of nitrogens with zero attached hydrogens (tertiary/aromatic N) is 4. The Morgan fingerprint density at radius 2 is 1.95 bits per heavy atom. The Bertz CT molecular complexity index is 680. The van der Waals surface area contributed by atoms with Crippen molar-refractivity contribution in [2.75, 3.05) is 5.73 Å². The van der Waals surface area contributed by atoms with Gasteiger partial charge in [-0.3, -0.25) is 4.98 Å². The van der Waals surface area contributed by atoms with Gasteiger partial charge in [-0.2, -0.15) is 4.98 Å². The van der Waals surface area contributed by atoms with Crippen LogP contribution in [0.1, 0.15) is 11.4 Å². The molecule has 0 fully saturated rings. The van der Waals surface area contributed by atoms with Crippen molar-refractivity contribution < 1.29 is 4.52 Å². The molecule has 0 saturated heterocycles. The topological polar surface area (TPSA) is 90.7 Å². The fourth-order valence-corrected chi connectivity index (χ4v) is 1.70. The van der Waals surface area contributed by atoms with Gasteiger partial charge in [-0.05, 0) is 29.8 Å². The van der Waals surface area contributed by atoms with Crippen LogP contribution in [0.15, 0.2) is 47.4 Å². The molecule has 0 bridgehead atoms. The fourth-order valence-electron chi connectivity index (χ4n) is 1.70. The molecule has 3 heterocycles. The van der Waals surface area contributed by atoms with E-state index in [-0.39, 0.29) is 0 Å². The van der Waals surface area contributed by atoms with Crippen molar-refractivity contribution in [3.05, 3.63) is 54.2 Å². The Hall–Kier alpha value is -2.76. The van der Waals surface area contributed by atoms with Gasteiger partial charge in [0.05, 0.1) is 5.69 Å². The molecule has 0 amide bonds. The van der Waals surface area contributed by atoms with Crippen molar-refractivity contribution in [2.24, 2.45) is 0 Å². The van der Waals surface area contributed by atoms with Gasteiger partial charge < -0.3 is 10.3 Å². The smallest absolute Gasteiger partial charge is 0.278 e. The summed E-state index contributed by atoms with van der Waals surface area (Å²) in [5, 5.41) is 3.93. The zero-order valence-corrected chi connectivity index (χ0v) is 10.0. The lowest BCUT2D eigenvalue weighted by Crippen LogP contribution is -1.94. The van der Waals surface area contributed by atoms with Crippen LogP contribution in [0, 0.1) is 0 Å². The third-order valence-corrected chi connectivity index (χ3v) is 2.62. The number of hydrogen-bond acceptors (Lipinski definition) is 6. The second kappa shape index (κ2) is 4.85. The molecule has 3 aromatic rings. The summed E-state index contributed by atoms with van der Waals surface area (Å²) >= 11 is 0. The second-order valence-electron chi connectivity index (χ2n) is 3.99. The molecule has 19 heavy (non-hydrogen) atoms. The standard InChI is InChI=1S/C13H11N5O/c14-10-2-1-5-16-12(10)13-17-11(18-19-13)8-9-3-6-15-7-4-9/h1-7H,8,14H2. The number of aromatic nitrogens is 4. The number of nitrogens with two attached hydrogens (primary N) is 1. The van der Waals surface area contributed by atoms with E-state index in [0.717, 1.165) is 5.56 Å². The maximum Gasteiger partial charge on any atom is 0.278 e. The molecular formula is C13H11N5O. The van der Waals surface area contributed by atoms with Crippen LogP contribution < -0.4 is 5.73 Å². The number of hydrogen-bond donors (Lipinski definition) is 1. The number of pyridine rings is 2. The minimum absolute atomic E-state index is 0.335. The normalized spacial score (nSPS) is 10.5. The van der Waals surface area contributed by atoms with Gasteiger partial charge in [0.15, 0.2) is 11.5 Å². The lowest BCUT2D eigenvalue weighted by Gasteiger charge is -1.96. The van der Waals surface area contributed by atoms with Crippen LogP contribution in [0.5, 0.6) is 0 Å². The van der Waals surface area contributed by atoms with E-state index >= 15 is 0 Å². The maximum absolute atomic E-state index is 5.82. The molecule has 3 rings (SSSR count). The van der Waals surface area contributed by atoms with E-state index in [9.17, 15) is 0 Å². The summed E-state index contributed by atoms with van der Waals surface area (Å²) in [6.07, 6.45) is 5.68. The Balaban J connectivity index is 1.86. The summed E-state index contributed by atoms with van der Waals surface area (Å²) in [7, 11) is 0. The molecule has 6 nitrogen and oxygen atoms in total. The Labute approximate surface area is 109 Å². The van der Waals surface area contributed by atoms with Crippen molar-refractivity contribution in [1.82, 2.24) is 20.1 Å². The van der Waals surface area contributed by atoms with Crippen LogP contribution in [0.2, 0.25) is 0 Å². The summed E-state index contributed by atoms with van der Waals surface area (Å²) in [4.78, 5) is 12.4. The minimum atomic E-state index is 0.335. The number of rotatable bonds is 3. The Morgan fingerprint density at radius 1 is 1.11 bits per heavy atom. The van der Waals surface area contributed by atoms with Crippen molar-refractivity contribution in [3.63, 3.8) is 0 Å². The molecule has 0 aromatic carbocycles. The van der Waals surface area contributed by atoms with E-state index in [2.05, 4.69) is 20.1 Å². The first-order valence-electron chi connectivity index (χ1n) is 5.75. The summed E-state index contributed by atoms with van der Waals surface area (Å²) in [5.41, 5.74) is 7.91. The lowest BCUT2D eigenvalue weighted by atomic mass is 10.2. The lowest BCUT2D eigenvalue weighted by molar-refractivity contribution is 0.423. The summed E-state index contributed by atoms with van der Waals surface area (Å²) in [6, 6.07) is 7.32. The molecule has 0 aliphatic carbocycles. The average Bonchev–Trinajstić information content (AvgIpc) is 2.89. The van der Waals surface area contributed by atoms with Gasteiger partial charge in [-0.15, -0.1) is 0 Å². The van der Waals surface area contributed by atoms with Gasteiger partial charge in [0.1, 0.15) is 0 Å². The predicted molar refractivity (Wildman–Crippen MR) is 69.0 cm³/mol. The average molecular weight is 253 g/mol. The van der Waals surface area contributed by atoms with Crippen LogP contribution in [0.3, 0.4) is 0 Å². The van der Waals surface area contributed by atoms with Gasteiger partial charge in [-0.1, -0.05) is 5.16 Å². The number of nitrogen functional groups attached to an aromatic ring is 1. The molecule has 3 aromatic heterocycles. The van der Waals surface area contributed by atoms with Crippen molar-refractivity contribution >= 4 is 5.69 Å². The van der Waals surface area contributed by atoms with Gasteiger partial charge in [0, 0.05) is 25.0 Å². The highest BCUT2D eigenvalue weighted by Gasteiger charge is 2.12. The molecule has 0 saturated carbocycles. The SMILES string of the molecule is Nc1cccnc1-c1nc(Cc2ccncc2)no1. The minimum Gasteiger partial charge on any atom is -0.397 e. The van der Waals surface area contributed by atoms with Crippen LogP contribution in [-0.2, 0) is 6.42 Å². The van der Waals surface area contributed by atoms with E-state index in [1.54, 1.807) is 30.7 Å². The quantitative estimate of drug-likeness (QED) is 0.763. The molecule has 0 atom stereocenters. The van der Waals surface area contributed by atoms with E-state index in [4.69, 9.17) is 10.3 Å².